The first kappa shape index (κ1) is 43.8. The minimum absolute atomic E-state index is 0.000284. The van der Waals surface area contributed by atoms with Gasteiger partial charge in [-0.25, -0.2) is 4.90 Å². The molecule has 2 aliphatic heterocycles. The minimum atomic E-state index is -6.30. The standard InChI is InChI=1S/C40H28F12N2O6/c1-18-5-6-19(14-27(18)34(2,59)37(41,42)43)13-20-7-12-29(28(15-20)35(3,60)38(44,45)46)54-32(57)24-11-9-22(17-26(24)33(54)58)36(39(47,48)49,40(50,51)52)21-8-10-23-25(16-21)31(56)53(4)30(23)55/h5-12,14-17,59-60H,13H2,1-4H3. The number of aliphatic hydroxyl groups is 2. The smallest absolute Gasteiger partial charge is 0.376 e. The van der Waals surface area contributed by atoms with Crippen molar-refractivity contribution in [1.82, 2.24) is 4.90 Å². The summed E-state index contributed by atoms with van der Waals surface area (Å²) in [6.07, 6.45) is -23.8. The number of hydrogen-bond donors (Lipinski definition) is 2. The van der Waals surface area contributed by atoms with Gasteiger partial charge in [-0.1, -0.05) is 42.5 Å². The number of carbonyl (C=O) groups excluding carboxylic acids is 4. The van der Waals surface area contributed by atoms with Crippen LogP contribution in [0.1, 0.15) is 94.2 Å². The summed E-state index contributed by atoms with van der Waals surface area (Å²) in [4.78, 5) is 53.1. The molecule has 0 aromatic heterocycles. The summed E-state index contributed by atoms with van der Waals surface area (Å²) in [6, 6.07) is 7.72. The maximum atomic E-state index is 15.1. The van der Waals surface area contributed by atoms with Crippen LogP contribution in [0.2, 0.25) is 0 Å². The first-order valence-corrected chi connectivity index (χ1v) is 17.3. The van der Waals surface area contributed by atoms with Crippen LogP contribution in [0.3, 0.4) is 0 Å². The summed E-state index contributed by atoms with van der Waals surface area (Å²) >= 11 is 0. The van der Waals surface area contributed by atoms with E-state index in [9.17, 15) is 55.7 Å². The van der Waals surface area contributed by atoms with E-state index in [2.05, 4.69) is 0 Å². The van der Waals surface area contributed by atoms with Gasteiger partial charge in [-0.15, -0.1) is 0 Å². The Morgan fingerprint density at radius 3 is 1.38 bits per heavy atom. The predicted molar refractivity (Wildman–Crippen MR) is 185 cm³/mol. The molecule has 2 N–H and O–H groups in total. The summed E-state index contributed by atoms with van der Waals surface area (Å²) in [7, 11) is 0.945. The number of alkyl halides is 12. The van der Waals surface area contributed by atoms with Gasteiger partial charge in [0.05, 0.1) is 27.9 Å². The summed E-state index contributed by atoms with van der Waals surface area (Å²) in [5.74, 6) is -5.43. The summed E-state index contributed by atoms with van der Waals surface area (Å²) in [6.45, 7) is 1.98. The van der Waals surface area contributed by atoms with Crippen LogP contribution in [-0.2, 0) is 23.0 Å². The Hall–Kier alpha value is -5.76. The predicted octanol–water partition coefficient (Wildman–Crippen LogP) is 8.56. The lowest BCUT2D eigenvalue weighted by molar-refractivity contribution is -0.288. The number of rotatable bonds is 7. The van der Waals surface area contributed by atoms with Crippen LogP contribution in [-0.4, -0.2) is 70.5 Å². The van der Waals surface area contributed by atoms with Crippen LogP contribution in [0.15, 0.2) is 72.8 Å². The van der Waals surface area contributed by atoms with Crippen LogP contribution >= 0.6 is 0 Å². The number of carbonyl (C=O) groups is 4. The lowest BCUT2D eigenvalue weighted by atomic mass is 9.71. The summed E-state index contributed by atoms with van der Waals surface area (Å²) < 4.78 is 175. The number of nitrogens with zero attached hydrogens (tertiary/aromatic N) is 2. The quantitative estimate of drug-likeness (QED) is 0.142. The van der Waals surface area contributed by atoms with E-state index in [1.807, 2.05) is 0 Å². The maximum absolute atomic E-state index is 15.1. The van der Waals surface area contributed by atoms with Crippen LogP contribution in [0.25, 0.3) is 0 Å². The molecule has 0 bridgehead atoms. The fraction of sp³-hybridized carbons (Fsp3) is 0.300. The molecule has 0 fully saturated rings. The first-order valence-electron chi connectivity index (χ1n) is 17.3. The molecule has 2 aliphatic rings. The molecule has 6 rings (SSSR count). The molecule has 0 radical (unpaired) electrons. The second kappa shape index (κ2) is 13.6. The number of imide groups is 2. The molecule has 2 atom stereocenters. The van der Waals surface area contributed by atoms with Crippen molar-refractivity contribution < 1.29 is 82.1 Å². The van der Waals surface area contributed by atoms with E-state index in [-0.39, 0.29) is 46.7 Å². The Balaban J connectivity index is 1.48. The molecule has 0 spiro atoms. The van der Waals surface area contributed by atoms with E-state index in [4.69, 9.17) is 0 Å². The molecule has 4 amide bonds. The second-order valence-electron chi connectivity index (χ2n) is 14.7. The molecule has 20 heteroatoms. The van der Waals surface area contributed by atoms with E-state index < -0.39 is 122 Å². The zero-order valence-corrected chi connectivity index (χ0v) is 31.1. The zero-order chi connectivity index (χ0) is 45.1. The SMILES string of the molecule is Cc1ccc(Cc2ccc(N3C(=O)c4ccc(C(c5ccc6c(c5)C(=O)N(C)C6=O)(C(F)(F)F)C(F)(F)F)cc4C3=O)c(C(C)(O)C(F)(F)F)c2)cc1C(C)(O)C(F)(F)F. The molecular formula is C40H28F12N2O6. The van der Waals surface area contributed by atoms with Gasteiger partial charge in [-0.3, -0.25) is 24.1 Å². The van der Waals surface area contributed by atoms with Crippen LogP contribution in [0.4, 0.5) is 58.4 Å². The van der Waals surface area contributed by atoms with E-state index in [1.54, 1.807) is 0 Å². The Morgan fingerprint density at radius 1 is 0.500 bits per heavy atom. The lowest BCUT2D eigenvalue weighted by Crippen LogP contribution is -2.55. The largest absolute Gasteiger partial charge is 0.421 e. The number of hydrogen-bond acceptors (Lipinski definition) is 6. The highest BCUT2D eigenvalue weighted by molar-refractivity contribution is 6.34. The van der Waals surface area contributed by atoms with Crippen molar-refractivity contribution in [3.8, 4) is 0 Å². The van der Waals surface area contributed by atoms with Gasteiger partial charge in [0.1, 0.15) is 0 Å². The Bertz CT molecular complexity index is 2490. The highest BCUT2D eigenvalue weighted by Crippen LogP contribution is 2.57. The molecule has 2 heterocycles. The molecule has 4 aromatic carbocycles. The van der Waals surface area contributed by atoms with E-state index in [0.29, 0.717) is 36.1 Å². The normalized spacial score (nSPS) is 17.2. The topological polar surface area (TPSA) is 115 Å². The first-order chi connectivity index (χ1) is 27.3. The van der Waals surface area contributed by atoms with Gasteiger partial charge in [0.25, 0.3) is 23.6 Å². The van der Waals surface area contributed by atoms with Crippen molar-refractivity contribution in [1.29, 1.82) is 0 Å². The number of fused-ring (bicyclic) bond motifs is 2. The number of halogens is 12. The molecule has 4 aromatic rings. The van der Waals surface area contributed by atoms with E-state index in [1.165, 1.54) is 19.1 Å². The summed E-state index contributed by atoms with van der Waals surface area (Å²) in [5, 5.41) is 21.2. The minimum Gasteiger partial charge on any atom is -0.376 e. The molecular weight excluding hydrogens is 832 g/mol. The van der Waals surface area contributed by atoms with Gasteiger partial charge in [-0.05, 0) is 90.9 Å². The average molecular weight is 861 g/mol. The van der Waals surface area contributed by atoms with Crippen LogP contribution < -0.4 is 4.90 Å². The molecule has 0 saturated heterocycles. The van der Waals surface area contributed by atoms with Crippen molar-refractivity contribution in [2.75, 3.05) is 11.9 Å². The average Bonchev–Trinajstić information content (AvgIpc) is 3.49. The monoisotopic (exact) mass is 860 g/mol. The summed E-state index contributed by atoms with van der Waals surface area (Å²) in [5.41, 5.74) is -21.8. The third-order valence-corrected chi connectivity index (χ3v) is 10.9. The van der Waals surface area contributed by atoms with Crippen molar-refractivity contribution >= 4 is 29.3 Å². The van der Waals surface area contributed by atoms with E-state index >= 15 is 26.3 Å². The highest BCUT2D eigenvalue weighted by Gasteiger charge is 2.73. The molecule has 0 saturated carbocycles. The van der Waals surface area contributed by atoms with Crippen molar-refractivity contribution in [2.24, 2.45) is 0 Å². The maximum Gasteiger partial charge on any atom is 0.421 e. The van der Waals surface area contributed by atoms with Gasteiger partial charge in [-0.2, -0.15) is 52.7 Å². The number of benzene rings is 4. The molecule has 60 heavy (non-hydrogen) atoms. The molecule has 2 unspecified atom stereocenters. The van der Waals surface area contributed by atoms with Crippen LogP contribution in [0.5, 0.6) is 0 Å². The van der Waals surface area contributed by atoms with Gasteiger partial charge < -0.3 is 10.2 Å². The second-order valence-corrected chi connectivity index (χ2v) is 14.7. The zero-order valence-electron chi connectivity index (χ0n) is 31.1. The van der Waals surface area contributed by atoms with Gasteiger partial charge in [0.15, 0.2) is 11.2 Å². The number of aryl methyl sites for hydroxylation is 1. The van der Waals surface area contributed by atoms with E-state index in [0.717, 1.165) is 25.2 Å². The highest BCUT2D eigenvalue weighted by atomic mass is 19.4. The Labute approximate surface area is 330 Å². The third-order valence-electron chi connectivity index (χ3n) is 10.9. The van der Waals surface area contributed by atoms with Crippen molar-refractivity contribution in [3.63, 3.8) is 0 Å². The van der Waals surface area contributed by atoms with Crippen LogP contribution in [0, 0.1) is 6.92 Å². The lowest BCUT2D eigenvalue weighted by Gasteiger charge is -2.38. The fourth-order valence-corrected chi connectivity index (χ4v) is 7.39. The fourth-order valence-electron chi connectivity index (χ4n) is 7.39. The molecule has 318 valence electrons. The third kappa shape index (κ3) is 6.41. The van der Waals surface area contributed by atoms with Crippen molar-refractivity contribution in [2.45, 2.75) is 68.5 Å². The van der Waals surface area contributed by atoms with Gasteiger partial charge in [0.2, 0.25) is 5.41 Å². The Kier molecular flexibility index (Phi) is 9.95. The number of amides is 4. The molecule has 8 nitrogen and oxygen atoms in total. The van der Waals surface area contributed by atoms with Gasteiger partial charge in [0, 0.05) is 12.6 Å². The Morgan fingerprint density at radius 2 is 0.900 bits per heavy atom. The number of anilines is 1. The van der Waals surface area contributed by atoms with Crippen molar-refractivity contribution in [3.05, 3.63) is 134 Å². The van der Waals surface area contributed by atoms with Gasteiger partial charge >= 0.3 is 24.7 Å². The molecule has 0 aliphatic carbocycles.